The van der Waals surface area contributed by atoms with E-state index in [2.05, 4.69) is 19.5 Å². The summed E-state index contributed by atoms with van der Waals surface area (Å²) in [4.78, 5) is 22.6. The zero-order valence-corrected chi connectivity index (χ0v) is 23.3. The highest BCUT2D eigenvalue weighted by molar-refractivity contribution is 7.88. The van der Waals surface area contributed by atoms with Gasteiger partial charge in [0.1, 0.15) is 11.5 Å². The van der Waals surface area contributed by atoms with Crippen molar-refractivity contribution in [2.45, 2.75) is 44.1 Å². The molecule has 1 aromatic carbocycles. The summed E-state index contributed by atoms with van der Waals surface area (Å²) in [5, 5.41) is 5.83. The van der Waals surface area contributed by atoms with E-state index < -0.39 is 16.1 Å². The minimum absolute atomic E-state index is 0.0277. The van der Waals surface area contributed by atoms with Gasteiger partial charge >= 0.3 is 10.2 Å². The highest BCUT2D eigenvalue weighted by atomic mass is 32.2. The molecule has 40 heavy (non-hydrogen) atoms. The van der Waals surface area contributed by atoms with Gasteiger partial charge in [-0.2, -0.15) is 13.5 Å². The maximum atomic E-state index is 13.8. The Labute approximate surface area is 232 Å². The third-order valence-corrected chi connectivity index (χ3v) is 9.29. The number of hydrogen-bond donors (Lipinski definition) is 2. The van der Waals surface area contributed by atoms with Gasteiger partial charge in [-0.05, 0) is 56.0 Å². The summed E-state index contributed by atoms with van der Waals surface area (Å²) in [6, 6.07) is 8.13. The molecule has 11 nitrogen and oxygen atoms in total. The standard InChI is InChI=1S/C27H34FN7O4S/c1-29-40(37,38)32-27(36)22-17-23(34-11-9-20(10-12-34)33-13-15-39-16-14-33)24-25(18-3-2-4-18)31-35(26(24)30-22)21-7-5-19(28)6-8-21/h5-8,17-18,20,29H,2-4,9-16H2,1H3,(H,32,36). The number of ether oxygens (including phenoxy) is 1. The quantitative estimate of drug-likeness (QED) is 0.443. The first-order chi connectivity index (χ1) is 19.3. The summed E-state index contributed by atoms with van der Waals surface area (Å²) < 4.78 is 49.3. The highest BCUT2D eigenvalue weighted by Crippen LogP contribution is 2.43. The van der Waals surface area contributed by atoms with Crippen LogP contribution in [0.2, 0.25) is 0 Å². The molecular weight excluding hydrogens is 537 g/mol. The Hall–Kier alpha value is -3.13. The summed E-state index contributed by atoms with van der Waals surface area (Å²) in [6.07, 6.45) is 5.06. The first-order valence-electron chi connectivity index (χ1n) is 13.8. The van der Waals surface area contributed by atoms with Crippen LogP contribution in [-0.4, -0.2) is 86.5 Å². The Morgan fingerprint density at radius 2 is 1.75 bits per heavy atom. The van der Waals surface area contributed by atoms with Crippen LogP contribution in [0.5, 0.6) is 0 Å². The Morgan fingerprint density at radius 3 is 2.38 bits per heavy atom. The van der Waals surface area contributed by atoms with Crippen LogP contribution >= 0.6 is 0 Å². The SMILES string of the molecule is CNS(=O)(=O)NC(=O)c1cc(N2CCC(N3CCOCC3)CC2)c2c(C3CCC3)nn(-c3ccc(F)cc3)c2n1. The second-order valence-electron chi connectivity index (χ2n) is 10.6. The fourth-order valence-corrected chi connectivity index (χ4v) is 6.31. The van der Waals surface area contributed by atoms with E-state index in [1.165, 1.54) is 19.2 Å². The fraction of sp³-hybridized carbons (Fsp3) is 0.519. The van der Waals surface area contributed by atoms with Crippen LogP contribution in [0.3, 0.4) is 0 Å². The van der Waals surface area contributed by atoms with Gasteiger partial charge in [-0.3, -0.25) is 9.69 Å². The summed E-state index contributed by atoms with van der Waals surface area (Å²) in [5.74, 6) is -0.939. The molecule has 2 aromatic heterocycles. The number of amides is 1. The molecule has 2 N–H and O–H groups in total. The van der Waals surface area contributed by atoms with Gasteiger partial charge in [-0.25, -0.2) is 23.5 Å². The van der Waals surface area contributed by atoms with E-state index in [9.17, 15) is 17.6 Å². The molecule has 0 spiro atoms. The molecule has 4 heterocycles. The molecule has 3 fully saturated rings. The van der Waals surface area contributed by atoms with Gasteiger partial charge in [0.05, 0.1) is 35.7 Å². The number of morpholine rings is 1. The van der Waals surface area contributed by atoms with Crippen molar-refractivity contribution < 1.29 is 22.3 Å². The van der Waals surface area contributed by atoms with Gasteiger partial charge in [-0.15, -0.1) is 0 Å². The van der Waals surface area contributed by atoms with E-state index in [0.29, 0.717) is 17.4 Å². The number of carbonyl (C=O) groups excluding carboxylic acids is 1. The molecule has 13 heteroatoms. The van der Waals surface area contributed by atoms with Crippen molar-refractivity contribution >= 4 is 32.8 Å². The van der Waals surface area contributed by atoms with Crippen molar-refractivity contribution in [2.24, 2.45) is 0 Å². The van der Waals surface area contributed by atoms with E-state index >= 15 is 0 Å². The number of halogens is 1. The Bertz CT molecular complexity index is 1490. The molecule has 0 unspecified atom stereocenters. The monoisotopic (exact) mass is 571 g/mol. The van der Waals surface area contributed by atoms with E-state index in [1.54, 1.807) is 22.9 Å². The molecular formula is C27H34FN7O4S. The smallest absolute Gasteiger partial charge is 0.301 e. The molecule has 1 aliphatic carbocycles. The van der Waals surface area contributed by atoms with Crippen molar-refractivity contribution in [3.05, 3.63) is 47.5 Å². The largest absolute Gasteiger partial charge is 0.379 e. The van der Waals surface area contributed by atoms with Crippen molar-refractivity contribution in [3.63, 3.8) is 0 Å². The number of piperidine rings is 1. The second kappa shape index (κ2) is 11.0. The van der Waals surface area contributed by atoms with Crippen LogP contribution in [-0.2, 0) is 14.9 Å². The summed E-state index contributed by atoms with van der Waals surface area (Å²) in [7, 11) is -2.80. The van der Waals surface area contributed by atoms with E-state index in [-0.39, 0.29) is 17.4 Å². The van der Waals surface area contributed by atoms with Crippen molar-refractivity contribution in [3.8, 4) is 5.69 Å². The van der Waals surface area contributed by atoms with Crippen LogP contribution < -0.4 is 14.3 Å². The van der Waals surface area contributed by atoms with Crippen molar-refractivity contribution in [2.75, 3.05) is 51.3 Å². The van der Waals surface area contributed by atoms with Gasteiger partial charge in [0.25, 0.3) is 5.91 Å². The van der Waals surface area contributed by atoms with Crippen LogP contribution in [0.4, 0.5) is 10.1 Å². The van der Waals surface area contributed by atoms with Gasteiger partial charge in [0.15, 0.2) is 5.65 Å². The maximum Gasteiger partial charge on any atom is 0.301 e. The lowest BCUT2D eigenvalue weighted by Crippen LogP contribution is -2.49. The normalized spacial score (nSPS) is 19.6. The number of nitrogens with zero attached hydrogens (tertiary/aromatic N) is 5. The minimum Gasteiger partial charge on any atom is -0.379 e. The van der Waals surface area contributed by atoms with E-state index in [4.69, 9.17) is 9.84 Å². The first kappa shape index (κ1) is 27.1. The third kappa shape index (κ3) is 5.30. The predicted molar refractivity (Wildman–Crippen MR) is 148 cm³/mol. The third-order valence-electron chi connectivity index (χ3n) is 8.30. The van der Waals surface area contributed by atoms with E-state index in [1.807, 2.05) is 4.72 Å². The lowest BCUT2D eigenvalue weighted by Gasteiger charge is -2.41. The lowest BCUT2D eigenvalue weighted by atomic mass is 9.82. The Balaban J connectivity index is 1.44. The Kier molecular flexibility index (Phi) is 7.46. The lowest BCUT2D eigenvalue weighted by molar-refractivity contribution is 0.0115. The molecule has 2 aliphatic heterocycles. The van der Waals surface area contributed by atoms with Crippen LogP contribution in [0, 0.1) is 5.82 Å². The summed E-state index contributed by atoms with van der Waals surface area (Å²) >= 11 is 0. The first-order valence-corrected chi connectivity index (χ1v) is 15.3. The predicted octanol–water partition coefficient (Wildman–Crippen LogP) is 2.32. The number of rotatable bonds is 7. The minimum atomic E-state index is -4.03. The maximum absolute atomic E-state index is 13.8. The number of aromatic nitrogens is 3. The van der Waals surface area contributed by atoms with Gasteiger partial charge in [0.2, 0.25) is 0 Å². The second-order valence-corrected chi connectivity index (χ2v) is 12.3. The molecule has 0 atom stereocenters. The van der Waals surface area contributed by atoms with Crippen molar-refractivity contribution in [1.29, 1.82) is 0 Å². The molecule has 1 saturated carbocycles. The number of pyridine rings is 1. The number of nitrogens with one attached hydrogen (secondary N) is 2. The molecule has 3 aromatic rings. The molecule has 0 radical (unpaired) electrons. The van der Waals surface area contributed by atoms with Crippen LogP contribution in [0.25, 0.3) is 16.7 Å². The van der Waals surface area contributed by atoms with Crippen LogP contribution in [0.15, 0.2) is 30.3 Å². The molecule has 6 rings (SSSR count). The Morgan fingerprint density at radius 1 is 1.05 bits per heavy atom. The highest BCUT2D eigenvalue weighted by Gasteiger charge is 2.33. The number of anilines is 1. The molecule has 1 amide bonds. The number of hydrogen-bond acceptors (Lipinski definition) is 8. The van der Waals surface area contributed by atoms with Gasteiger partial charge in [-0.1, -0.05) is 6.42 Å². The molecule has 3 aliphatic rings. The average Bonchev–Trinajstić information content (AvgIpc) is 3.31. The molecule has 214 valence electrons. The van der Waals surface area contributed by atoms with E-state index in [0.717, 1.165) is 88.3 Å². The summed E-state index contributed by atoms with van der Waals surface area (Å²) in [6.45, 7) is 4.94. The number of benzene rings is 1. The van der Waals surface area contributed by atoms with Gasteiger partial charge < -0.3 is 9.64 Å². The van der Waals surface area contributed by atoms with Crippen molar-refractivity contribution in [1.82, 2.24) is 29.1 Å². The average molecular weight is 572 g/mol. The van der Waals surface area contributed by atoms with Crippen LogP contribution in [0.1, 0.15) is 54.2 Å². The number of carbonyl (C=O) groups is 1. The van der Waals surface area contributed by atoms with Gasteiger partial charge in [0, 0.05) is 45.2 Å². The zero-order valence-electron chi connectivity index (χ0n) is 22.5. The summed E-state index contributed by atoms with van der Waals surface area (Å²) in [5.41, 5.74) is 2.78. The topological polar surface area (TPSA) is 122 Å². The zero-order chi connectivity index (χ0) is 27.9. The molecule has 2 saturated heterocycles. The molecule has 0 bridgehead atoms. The number of fused-ring (bicyclic) bond motifs is 1. The fourth-order valence-electron chi connectivity index (χ4n) is 5.86.